The first-order valence-electron chi connectivity index (χ1n) is 7.81. The number of carboxylic acid groups (broad SMARTS) is 1. The van der Waals surface area contributed by atoms with Crippen molar-refractivity contribution in [2.75, 3.05) is 18.6 Å². The molecule has 22 heavy (non-hydrogen) atoms. The zero-order valence-corrected chi connectivity index (χ0v) is 13.6. The number of carboxylic acids is 1. The predicted octanol–water partition coefficient (Wildman–Crippen LogP) is 3.55. The summed E-state index contributed by atoms with van der Waals surface area (Å²) in [6.07, 6.45) is 3.72. The number of carbonyl (C=O) groups is 1. The molecular formula is C17H22O4S. The number of hydrogen-bond acceptors (Lipinski definition) is 4. The van der Waals surface area contributed by atoms with Gasteiger partial charge in [0.2, 0.25) is 0 Å². The smallest absolute Gasteiger partial charge is 0.303 e. The van der Waals surface area contributed by atoms with Gasteiger partial charge in [-0.1, -0.05) is 6.07 Å². The molecular weight excluding hydrogens is 300 g/mol. The maximum Gasteiger partial charge on any atom is 0.303 e. The van der Waals surface area contributed by atoms with Gasteiger partial charge in [-0.05, 0) is 54.5 Å². The van der Waals surface area contributed by atoms with Crippen molar-refractivity contribution >= 4 is 17.7 Å². The zero-order chi connectivity index (χ0) is 15.5. The van der Waals surface area contributed by atoms with Crippen LogP contribution in [0.15, 0.2) is 18.2 Å². The number of aliphatic carboxylic acids is 1. The number of hydrogen-bond donors (Lipinski definition) is 1. The average molecular weight is 322 g/mol. The van der Waals surface area contributed by atoms with E-state index in [0.717, 1.165) is 47.8 Å². The van der Waals surface area contributed by atoms with E-state index in [2.05, 4.69) is 0 Å². The summed E-state index contributed by atoms with van der Waals surface area (Å²) >= 11 is 1.91. The summed E-state index contributed by atoms with van der Waals surface area (Å²) in [5.74, 6) is 3.48. The molecule has 2 atom stereocenters. The lowest BCUT2D eigenvalue weighted by molar-refractivity contribution is -0.137. The second-order valence-electron chi connectivity index (χ2n) is 6.06. The van der Waals surface area contributed by atoms with Crippen LogP contribution < -0.4 is 9.47 Å². The first-order chi connectivity index (χ1) is 10.7. The predicted molar refractivity (Wildman–Crippen MR) is 87.1 cm³/mol. The summed E-state index contributed by atoms with van der Waals surface area (Å²) in [5, 5.41) is 9.16. The standard InChI is InChI=1S/C17H22O4S/c1-20-15-5-4-12(14(9-17(18)19)11-2-3-11)8-16(15)21-13-6-7-22-10-13/h4-5,8,11,13-14H,2-3,6-7,9-10H2,1H3,(H,18,19). The van der Waals surface area contributed by atoms with Gasteiger partial charge in [0, 0.05) is 5.75 Å². The van der Waals surface area contributed by atoms with E-state index >= 15 is 0 Å². The average Bonchev–Trinajstić information content (AvgIpc) is 3.22. The van der Waals surface area contributed by atoms with Crippen molar-refractivity contribution in [2.24, 2.45) is 5.92 Å². The highest BCUT2D eigenvalue weighted by atomic mass is 32.2. The van der Waals surface area contributed by atoms with Gasteiger partial charge in [0.25, 0.3) is 0 Å². The lowest BCUT2D eigenvalue weighted by Crippen LogP contribution is -2.16. The molecule has 1 saturated heterocycles. The summed E-state index contributed by atoms with van der Waals surface area (Å²) in [7, 11) is 1.64. The summed E-state index contributed by atoms with van der Waals surface area (Å²) in [6, 6.07) is 5.89. The number of thioether (sulfide) groups is 1. The molecule has 120 valence electrons. The van der Waals surface area contributed by atoms with Crippen LogP contribution in [0, 0.1) is 5.92 Å². The Balaban J connectivity index is 1.82. The molecule has 1 aromatic carbocycles. The van der Waals surface area contributed by atoms with Gasteiger partial charge in [-0.3, -0.25) is 4.79 Å². The monoisotopic (exact) mass is 322 g/mol. The molecule has 3 rings (SSSR count). The second kappa shape index (κ2) is 6.82. The van der Waals surface area contributed by atoms with E-state index in [1.807, 2.05) is 30.0 Å². The van der Waals surface area contributed by atoms with Gasteiger partial charge in [-0.25, -0.2) is 0 Å². The second-order valence-corrected chi connectivity index (χ2v) is 7.21. The summed E-state index contributed by atoms with van der Waals surface area (Å²) in [5.41, 5.74) is 1.06. The fourth-order valence-electron chi connectivity index (χ4n) is 3.04. The molecule has 1 saturated carbocycles. The number of methoxy groups -OCH3 is 1. The number of ether oxygens (including phenoxy) is 2. The third-order valence-electron chi connectivity index (χ3n) is 4.38. The highest BCUT2D eigenvalue weighted by Crippen LogP contribution is 2.46. The quantitative estimate of drug-likeness (QED) is 0.832. The van der Waals surface area contributed by atoms with E-state index in [0.29, 0.717) is 5.92 Å². The van der Waals surface area contributed by atoms with Gasteiger partial charge < -0.3 is 14.6 Å². The van der Waals surface area contributed by atoms with Gasteiger partial charge in [-0.2, -0.15) is 11.8 Å². The van der Waals surface area contributed by atoms with Gasteiger partial charge in [-0.15, -0.1) is 0 Å². The fraction of sp³-hybridized carbons (Fsp3) is 0.588. The maximum atomic E-state index is 11.1. The molecule has 0 spiro atoms. The Kier molecular flexibility index (Phi) is 4.81. The third-order valence-corrected chi connectivity index (χ3v) is 5.51. The summed E-state index contributed by atoms with van der Waals surface area (Å²) in [6.45, 7) is 0. The van der Waals surface area contributed by atoms with Gasteiger partial charge in [0.15, 0.2) is 11.5 Å². The summed E-state index contributed by atoms with van der Waals surface area (Å²) < 4.78 is 11.5. The molecule has 0 bridgehead atoms. The fourth-order valence-corrected chi connectivity index (χ4v) is 4.14. The Morgan fingerprint density at radius 3 is 2.77 bits per heavy atom. The molecule has 2 aliphatic rings. The van der Waals surface area contributed by atoms with Crippen molar-refractivity contribution in [2.45, 2.75) is 37.7 Å². The molecule has 2 unspecified atom stereocenters. The molecule has 1 aliphatic heterocycles. The van der Waals surface area contributed by atoms with Crippen molar-refractivity contribution in [1.29, 1.82) is 0 Å². The molecule has 1 aliphatic carbocycles. The molecule has 1 heterocycles. The van der Waals surface area contributed by atoms with E-state index < -0.39 is 5.97 Å². The van der Waals surface area contributed by atoms with E-state index in [4.69, 9.17) is 14.6 Å². The van der Waals surface area contributed by atoms with Crippen molar-refractivity contribution in [3.8, 4) is 11.5 Å². The van der Waals surface area contributed by atoms with Crippen molar-refractivity contribution in [1.82, 2.24) is 0 Å². The molecule has 2 fully saturated rings. The van der Waals surface area contributed by atoms with E-state index in [1.165, 1.54) is 0 Å². The molecule has 0 radical (unpaired) electrons. The largest absolute Gasteiger partial charge is 0.493 e. The molecule has 5 heteroatoms. The van der Waals surface area contributed by atoms with Crippen molar-refractivity contribution in [3.63, 3.8) is 0 Å². The zero-order valence-electron chi connectivity index (χ0n) is 12.8. The SMILES string of the molecule is COc1ccc(C(CC(=O)O)C2CC2)cc1OC1CCSC1. The van der Waals surface area contributed by atoms with E-state index in [1.54, 1.807) is 7.11 Å². The van der Waals surface area contributed by atoms with Gasteiger partial charge in [0.05, 0.1) is 13.5 Å². The highest BCUT2D eigenvalue weighted by molar-refractivity contribution is 7.99. The lowest BCUT2D eigenvalue weighted by Gasteiger charge is -2.19. The Morgan fingerprint density at radius 2 is 2.18 bits per heavy atom. The lowest BCUT2D eigenvalue weighted by atomic mass is 9.91. The van der Waals surface area contributed by atoms with Crippen LogP contribution in [-0.4, -0.2) is 35.8 Å². The van der Waals surface area contributed by atoms with Gasteiger partial charge >= 0.3 is 5.97 Å². The Labute approximate surface area is 135 Å². The number of benzene rings is 1. The summed E-state index contributed by atoms with van der Waals surface area (Å²) in [4.78, 5) is 11.1. The topological polar surface area (TPSA) is 55.8 Å². The van der Waals surface area contributed by atoms with Crippen molar-refractivity contribution < 1.29 is 19.4 Å². The van der Waals surface area contributed by atoms with Crippen LogP contribution in [0.2, 0.25) is 0 Å². The van der Waals surface area contributed by atoms with Crippen LogP contribution in [0.3, 0.4) is 0 Å². The van der Waals surface area contributed by atoms with Crippen LogP contribution in [-0.2, 0) is 4.79 Å². The minimum absolute atomic E-state index is 0.0868. The first kappa shape index (κ1) is 15.5. The Bertz CT molecular complexity index is 535. The minimum atomic E-state index is -0.734. The van der Waals surface area contributed by atoms with Crippen LogP contribution in [0.25, 0.3) is 0 Å². The van der Waals surface area contributed by atoms with Crippen LogP contribution >= 0.6 is 11.8 Å². The van der Waals surface area contributed by atoms with Crippen LogP contribution in [0.4, 0.5) is 0 Å². The van der Waals surface area contributed by atoms with E-state index in [9.17, 15) is 4.79 Å². The molecule has 0 aromatic heterocycles. The van der Waals surface area contributed by atoms with E-state index in [-0.39, 0.29) is 18.4 Å². The molecule has 4 nitrogen and oxygen atoms in total. The molecule has 1 N–H and O–H groups in total. The van der Waals surface area contributed by atoms with Crippen molar-refractivity contribution in [3.05, 3.63) is 23.8 Å². The minimum Gasteiger partial charge on any atom is -0.493 e. The van der Waals surface area contributed by atoms with Gasteiger partial charge in [0.1, 0.15) is 6.10 Å². The Hall–Kier alpha value is -1.36. The molecule has 1 aromatic rings. The first-order valence-corrected chi connectivity index (χ1v) is 8.97. The van der Waals surface area contributed by atoms with Crippen LogP contribution in [0.1, 0.15) is 37.2 Å². The molecule has 0 amide bonds. The maximum absolute atomic E-state index is 11.1. The highest BCUT2D eigenvalue weighted by Gasteiger charge is 2.34. The normalized spacial score (nSPS) is 22.3. The van der Waals surface area contributed by atoms with Crippen LogP contribution in [0.5, 0.6) is 11.5 Å². The Morgan fingerprint density at radius 1 is 1.36 bits per heavy atom. The third kappa shape index (κ3) is 3.69. The number of rotatable bonds is 7.